The molecule has 3 aliphatic rings. The molecule has 0 radical (unpaired) electrons. The van der Waals surface area contributed by atoms with Crippen molar-refractivity contribution in [3.8, 4) is 11.5 Å². The standard InChI is InChI=1S/C23H29N5O3/c29-22(17-26-10-12-27(13-11-26)23-24-7-2-8-25-23)28-9-1-4-19(28)18-5-6-20-21(16-18)31-15-3-14-30-20/h2,5-8,16,19H,1,3-4,9-15,17H2/p+1/t19-/m0/s1. The van der Waals surface area contributed by atoms with Gasteiger partial charge in [-0.1, -0.05) is 6.07 Å². The number of carbonyl (C=O) groups excluding carboxylic acids is 1. The van der Waals surface area contributed by atoms with Crippen LogP contribution in [0.3, 0.4) is 0 Å². The van der Waals surface area contributed by atoms with Crippen molar-refractivity contribution in [3.63, 3.8) is 0 Å². The number of nitrogens with one attached hydrogen (secondary N) is 1. The summed E-state index contributed by atoms with van der Waals surface area (Å²) in [6.45, 7) is 6.33. The molecule has 2 saturated heterocycles. The molecule has 8 heteroatoms. The van der Waals surface area contributed by atoms with Crippen LogP contribution < -0.4 is 19.3 Å². The highest BCUT2D eigenvalue weighted by Gasteiger charge is 2.33. The van der Waals surface area contributed by atoms with Crippen LogP contribution in [-0.4, -0.2) is 73.3 Å². The third-order valence-electron chi connectivity index (χ3n) is 6.44. The zero-order chi connectivity index (χ0) is 21.0. The Bertz CT molecular complexity index is 901. The van der Waals surface area contributed by atoms with Crippen molar-refractivity contribution in [3.05, 3.63) is 42.2 Å². The Balaban J connectivity index is 1.20. The van der Waals surface area contributed by atoms with Gasteiger partial charge >= 0.3 is 0 Å². The molecular formula is C23H30N5O3+. The lowest BCUT2D eigenvalue weighted by molar-refractivity contribution is -0.892. The van der Waals surface area contributed by atoms with Gasteiger partial charge in [-0.3, -0.25) is 4.79 Å². The van der Waals surface area contributed by atoms with Crippen LogP contribution in [-0.2, 0) is 4.79 Å². The van der Waals surface area contributed by atoms with Crippen molar-refractivity contribution < 1.29 is 19.2 Å². The molecule has 2 fully saturated rings. The molecule has 1 atom stereocenters. The van der Waals surface area contributed by atoms with E-state index >= 15 is 0 Å². The van der Waals surface area contributed by atoms with E-state index in [4.69, 9.17) is 9.47 Å². The van der Waals surface area contributed by atoms with Crippen LogP contribution in [0.1, 0.15) is 30.9 Å². The molecule has 0 unspecified atom stereocenters. The lowest BCUT2D eigenvalue weighted by Crippen LogP contribution is -3.15. The second-order valence-corrected chi connectivity index (χ2v) is 8.46. The molecule has 1 N–H and O–H groups in total. The van der Waals surface area contributed by atoms with E-state index in [9.17, 15) is 4.79 Å². The molecule has 2 aromatic rings. The summed E-state index contributed by atoms with van der Waals surface area (Å²) >= 11 is 0. The van der Waals surface area contributed by atoms with Gasteiger partial charge in [0.2, 0.25) is 5.95 Å². The van der Waals surface area contributed by atoms with Gasteiger partial charge in [0.05, 0.1) is 45.4 Å². The molecule has 3 aliphatic heterocycles. The second-order valence-electron chi connectivity index (χ2n) is 8.46. The van der Waals surface area contributed by atoms with Crippen molar-refractivity contribution in [2.45, 2.75) is 25.3 Å². The first-order chi connectivity index (χ1) is 15.3. The van der Waals surface area contributed by atoms with Gasteiger partial charge in [0.1, 0.15) is 0 Å². The number of aromatic nitrogens is 2. The SMILES string of the molecule is O=C(C[NH+]1CCN(c2ncccn2)CC1)N1CCC[C@H]1c1ccc2c(c1)OCCCO2. The maximum Gasteiger partial charge on any atom is 0.278 e. The number of rotatable bonds is 4. The van der Waals surface area contributed by atoms with Crippen LogP contribution >= 0.6 is 0 Å². The molecule has 1 aromatic carbocycles. The smallest absolute Gasteiger partial charge is 0.278 e. The number of ether oxygens (including phenoxy) is 2. The fourth-order valence-corrected chi connectivity index (χ4v) is 4.77. The third kappa shape index (κ3) is 4.44. The molecule has 0 aliphatic carbocycles. The fourth-order valence-electron chi connectivity index (χ4n) is 4.77. The highest BCUT2D eigenvalue weighted by atomic mass is 16.5. The van der Waals surface area contributed by atoms with Crippen LogP contribution in [0.5, 0.6) is 11.5 Å². The monoisotopic (exact) mass is 424 g/mol. The number of hydrogen-bond donors (Lipinski definition) is 1. The molecule has 0 spiro atoms. The number of nitrogens with zero attached hydrogens (tertiary/aromatic N) is 4. The van der Waals surface area contributed by atoms with E-state index < -0.39 is 0 Å². The molecule has 164 valence electrons. The summed E-state index contributed by atoms with van der Waals surface area (Å²) in [4.78, 5) is 27.5. The molecule has 5 rings (SSSR count). The summed E-state index contributed by atoms with van der Waals surface area (Å²) in [6, 6.07) is 8.12. The molecule has 0 bridgehead atoms. The predicted molar refractivity (Wildman–Crippen MR) is 116 cm³/mol. The summed E-state index contributed by atoms with van der Waals surface area (Å²) in [5, 5.41) is 0. The van der Waals surface area contributed by atoms with Gasteiger partial charge in [0, 0.05) is 25.4 Å². The van der Waals surface area contributed by atoms with Crippen molar-refractivity contribution in [2.24, 2.45) is 0 Å². The normalized spacial score (nSPS) is 21.7. The first-order valence-electron chi connectivity index (χ1n) is 11.3. The lowest BCUT2D eigenvalue weighted by atomic mass is 10.0. The Labute approximate surface area is 182 Å². The Morgan fingerprint density at radius 2 is 1.81 bits per heavy atom. The van der Waals surface area contributed by atoms with Crippen LogP contribution in [0, 0.1) is 0 Å². The number of fused-ring (bicyclic) bond motifs is 1. The molecule has 1 aromatic heterocycles. The van der Waals surface area contributed by atoms with Gasteiger partial charge < -0.3 is 24.2 Å². The van der Waals surface area contributed by atoms with E-state index in [1.165, 1.54) is 4.90 Å². The largest absolute Gasteiger partial charge is 0.490 e. The van der Waals surface area contributed by atoms with E-state index in [0.29, 0.717) is 19.8 Å². The van der Waals surface area contributed by atoms with E-state index in [-0.39, 0.29) is 11.9 Å². The van der Waals surface area contributed by atoms with Gasteiger partial charge in [-0.2, -0.15) is 0 Å². The predicted octanol–water partition coefficient (Wildman–Crippen LogP) is 0.707. The fraction of sp³-hybridized carbons (Fsp3) is 0.522. The van der Waals surface area contributed by atoms with Crippen LogP contribution in [0.2, 0.25) is 0 Å². The third-order valence-corrected chi connectivity index (χ3v) is 6.44. The van der Waals surface area contributed by atoms with Gasteiger partial charge in [-0.15, -0.1) is 0 Å². The minimum atomic E-state index is 0.128. The average Bonchev–Trinajstić information content (AvgIpc) is 3.19. The summed E-state index contributed by atoms with van der Waals surface area (Å²) in [5.74, 6) is 2.64. The summed E-state index contributed by atoms with van der Waals surface area (Å²) in [6.07, 6.45) is 6.49. The Hall–Kier alpha value is -2.87. The van der Waals surface area contributed by atoms with Gasteiger partial charge in [-0.05, 0) is 36.6 Å². The number of piperazine rings is 1. The van der Waals surface area contributed by atoms with Gasteiger partial charge in [0.15, 0.2) is 18.0 Å². The van der Waals surface area contributed by atoms with Gasteiger partial charge in [-0.25, -0.2) is 9.97 Å². The van der Waals surface area contributed by atoms with Crippen molar-refractivity contribution in [2.75, 3.05) is 57.4 Å². The highest BCUT2D eigenvalue weighted by Crippen LogP contribution is 2.37. The van der Waals surface area contributed by atoms with Crippen LogP contribution in [0.4, 0.5) is 5.95 Å². The maximum atomic E-state index is 13.2. The number of amides is 1. The molecule has 4 heterocycles. The number of anilines is 1. The van der Waals surface area contributed by atoms with E-state index in [2.05, 4.69) is 31.9 Å². The minimum absolute atomic E-state index is 0.128. The second kappa shape index (κ2) is 9.09. The zero-order valence-electron chi connectivity index (χ0n) is 17.8. The number of benzene rings is 1. The van der Waals surface area contributed by atoms with E-state index in [1.807, 2.05) is 12.1 Å². The molecule has 0 saturated carbocycles. The average molecular weight is 425 g/mol. The van der Waals surface area contributed by atoms with Gasteiger partial charge in [0.25, 0.3) is 5.91 Å². The van der Waals surface area contributed by atoms with E-state index in [0.717, 1.165) is 75.0 Å². The van der Waals surface area contributed by atoms with E-state index in [1.54, 1.807) is 12.4 Å². The van der Waals surface area contributed by atoms with Crippen molar-refractivity contribution in [1.82, 2.24) is 14.9 Å². The van der Waals surface area contributed by atoms with Crippen LogP contribution in [0.15, 0.2) is 36.7 Å². The maximum absolute atomic E-state index is 13.2. The first kappa shape index (κ1) is 20.1. The topological polar surface area (TPSA) is 72.2 Å². The van der Waals surface area contributed by atoms with Crippen molar-refractivity contribution >= 4 is 11.9 Å². The number of quaternary nitrogens is 1. The minimum Gasteiger partial charge on any atom is -0.490 e. The molecule has 8 nitrogen and oxygen atoms in total. The molecule has 31 heavy (non-hydrogen) atoms. The lowest BCUT2D eigenvalue weighted by Gasteiger charge is -2.33. The molecular weight excluding hydrogens is 394 g/mol. The Kier molecular flexibility index (Phi) is 5.88. The number of hydrogen-bond acceptors (Lipinski definition) is 6. The first-order valence-corrected chi connectivity index (χ1v) is 11.3. The molecule has 1 amide bonds. The number of likely N-dealkylation sites (tertiary alicyclic amines) is 1. The Morgan fingerprint density at radius 1 is 1.03 bits per heavy atom. The quantitative estimate of drug-likeness (QED) is 0.780. The summed E-state index contributed by atoms with van der Waals surface area (Å²) in [5.41, 5.74) is 1.15. The summed E-state index contributed by atoms with van der Waals surface area (Å²) < 4.78 is 11.6. The Morgan fingerprint density at radius 3 is 2.61 bits per heavy atom. The zero-order valence-corrected chi connectivity index (χ0v) is 17.8. The van der Waals surface area contributed by atoms with Crippen molar-refractivity contribution in [1.29, 1.82) is 0 Å². The highest BCUT2D eigenvalue weighted by molar-refractivity contribution is 5.78. The summed E-state index contributed by atoms with van der Waals surface area (Å²) in [7, 11) is 0. The van der Waals surface area contributed by atoms with Crippen LogP contribution in [0.25, 0.3) is 0 Å². The number of carbonyl (C=O) groups is 1.